The highest BCUT2D eigenvalue weighted by Gasteiger charge is 2.14. The molecule has 20 heavy (non-hydrogen) atoms. The van der Waals surface area contributed by atoms with E-state index in [0.717, 1.165) is 31.8 Å². The Hall–Kier alpha value is -1.13. The number of hydrogen-bond donors (Lipinski definition) is 1. The van der Waals surface area contributed by atoms with Gasteiger partial charge in [-0.05, 0) is 31.5 Å². The molecule has 1 unspecified atom stereocenters. The largest absolute Gasteiger partial charge is 0.335 e. The van der Waals surface area contributed by atoms with Gasteiger partial charge in [0, 0.05) is 35.9 Å². The van der Waals surface area contributed by atoms with Gasteiger partial charge < -0.3 is 9.88 Å². The molecule has 0 radical (unpaired) electrons. The van der Waals surface area contributed by atoms with E-state index in [1.807, 2.05) is 6.20 Å². The van der Waals surface area contributed by atoms with Crippen LogP contribution in [0.5, 0.6) is 0 Å². The van der Waals surface area contributed by atoms with Crippen LogP contribution in [-0.4, -0.2) is 22.1 Å². The van der Waals surface area contributed by atoms with Crippen LogP contribution in [0.1, 0.15) is 25.2 Å². The third kappa shape index (κ3) is 3.93. The molecule has 0 aliphatic rings. The molecular formula is C16H22BrN3. The van der Waals surface area contributed by atoms with E-state index in [1.165, 1.54) is 10.0 Å². The van der Waals surface area contributed by atoms with Gasteiger partial charge in [-0.3, -0.25) is 0 Å². The van der Waals surface area contributed by atoms with E-state index in [2.05, 4.69) is 75.1 Å². The number of halogens is 1. The molecule has 3 nitrogen and oxygen atoms in total. The van der Waals surface area contributed by atoms with Crippen molar-refractivity contribution in [2.45, 2.75) is 39.3 Å². The van der Waals surface area contributed by atoms with E-state index < -0.39 is 0 Å². The van der Waals surface area contributed by atoms with Gasteiger partial charge in [-0.15, -0.1) is 0 Å². The van der Waals surface area contributed by atoms with Crippen molar-refractivity contribution in [2.24, 2.45) is 0 Å². The number of nitrogens with zero attached hydrogens (tertiary/aromatic N) is 2. The summed E-state index contributed by atoms with van der Waals surface area (Å²) in [5.74, 6) is 1.16. The second kappa shape index (κ2) is 7.60. The first-order chi connectivity index (χ1) is 9.74. The van der Waals surface area contributed by atoms with Gasteiger partial charge in [0.25, 0.3) is 0 Å². The zero-order valence-corrected chi connectivity index (χ0v) is 13.7. The SMILES string of the molecule is CCNC(Cc1ccccc1Br)Cc1nccn1CC. The van der Waals surface area contributed by atoms with Gasteiger partial charge in [-0.2, -0.15) is 0 Å². The van der Waals surface area contributed by atoms with Crippen molar-refractivity contribution in [1.29, 1.82) is 0 Å². The van der Waals surface area contributed by atoms with Crippen LogP contribution < -0.4 is 5.32 Å². The molecule has 1 atom stereocenters. The Morgan fingerprint density at radius 1 is 1.25 bits per heavy atom. The van der Waals surface area contributed by atoms with Crippen molar-refractivity contribution in [2.75, 3.05) is 6.54 Å². The molecule has 108 valence electrons. The molecule has 0 spiro atoms. The Kier molecular flexibility index (Phi) is 5.80. The fourth-order valence-electron chi connectivity index (χ4n) is 2.47. The molecule has 2 rings (SSSR count). The van der Waals surface area contributed by atoms with Gasteiger partial charge >= 0.3 is 0 Å². The average Bonchev–Trinajstić information content (AvgIpc) is 2.89. The molecule has 0 saturated carbocycles. The van der Waals surface area contributed by atoms with Crippen LogP contribution in [0.3, 0.4) is 0 Å². The van der Waals surface area contributed by atoms with E-state index in [9.17, 15) is 0 Å². The van der Waals surface area contributed by atoms with Gasteiger partial charge in [0.2, 0.25) is 0 Å². The normalized spacial score (nSPS) is 12.6. The summed E-state index contributed by atoms with van der Waals surface area (Å²) in [6.45, 7) is 6.26. The fraction of sp³-hybridized carbons (Fsp3) is 0.438. The minimum atomic E-state index is 0.409. The molecule has 1 heterocycles. The summed E-state index contributed by atoms with van der Waals surface area (Å²) in [5, 5.41) is 3.57. The summed E-state index contributed by atoms with van der Waals surface area (Å²) in [7, 11) is 0. The highest BCUT2D eigenvalue weighted by Crippen LogP contribution is 2.18. The predicted octanol–water partition coefficient (Wildman–Crippen LogP) is 3.43. The number of likely N-dealkylation sites (N-methyl/N-ethyl adjacent to an activating group) is 1. The summed E-state index contributed by atoms with van der Waals surface area (Å²) >= 11 is 3.63. The number of aryl methyl sites for hydroxylation is 1. The number of hydrogen-bond acceptors (Lipinski definition) is 2. The van der Waals surface area contributed by atoms with Crippen molar-refractivity contribution in [1.82, 2.24) is 14.9 Å². The first-order valence-corrected chi connectivity index (χ1v) is 8.00. The number of aromatic nitrogens is 2. The number of nitrogens with one attached hydrogen (secondary N) is 1. The smallest absolute Gasteiger partial charge is 0.110 e. The monoisotopic (exact) mass is 335 g/mol. The van der Waals surface area contributed by atoms with Crippen LogP contribution >= 0.6 is 15.9 Å². The summed E-state index contributed by atoms with van der Waals surface area (Å²) in [5.41, 5.74) is 1.34. The molecule has 1 N–H and O–H groups in total. The highest BCUT2D eigenvalue weighted by molar-refractivity contribution is 9.10. The van der Waals surface area contributed by atoms with Crippen LogP contribution in [0.4, 0.5) is 0 Å². The van der Waals surface area contributed by atoms with Crippen molar-refractivity contribution in [3.05, 3.63) is 52.5 Å². The van der Waals surface area contributed by atoms with Crippen LogP contribution in [0.15, 0.2) is 41.1 Å². The van der Waals surface area contributed by atoms with Crippen molar-refractivity contribution < 1.29 is 0 Å². The average molecular weight is 336 g/mol. The lowest BCUT2D eigenvalue weighted by molar-refractivity contribution is 0.498. The number of rotatable bonds is 7. The van der Waals surface area contributed by atoms with Gasteiger partial charge in [0.15, 0.2) is 0 Å². The maximum absolute atomic E-state index is 4.48. The quantitative estimate of drug-likeness (QED) is 0.840. The first-order valence-electron chi connectivity index (χ1n) is 7.21. The van der Waals surface area contributed by atoms with Crippen LogP contribution in [0.25, 0.3) is 0 Å². The Balaban J connectivity index is 2.09. The lowest BCUT2D eigenvalue weighted by atomic mass is 10.0. The number of benzene rings is 1. The molecular weight excluding hydrogens is 314 g/mol. The van der Waals surface area contributed by atoms with E-state index in [1.54, 1.807) is 0 Å². The standard InChI is InChI=1S/C16H22BrN3/c1-3-18-14(11-13-7-5-6-8-15(13)17)12-16-19-9-10-20(16)4-2/h5-10,14,18H,3-4,11-12H2,1-2H3. The van der Waals surface area contributed by atoms with Gasteiger partial charge in [0.1, 0.15) is 5.82 Å². The van der Waals surface area contributed by atoms with E-state index in [-0.39, 0.29) is 0 Å². The van der Waals surface area contributed by atoms with E-state index >= 15 is 0 Å². The Labute approximate surface area is 129 Å². The van der Waals surface area contributed by atoms with Gasteiger partial charge in [-0.25, -0.2) is 4.98 Å². The molecule has 0 aliphatic carbocycles. The molecule has 1 aromatic carbocycles. The zero-order chi connectivity index (χ0) is 14.4. The van der Waals surface area contributed by atoms with E-state index in [0.29, 0.717) is 6.04 Å². The van der Waals surface area contributed by atoms with E-state index in [4.69, 9.17) is 0 Å². The molecule has 0 bridgehead atoms. The summed E-state index contributed by atoms with van der Waals surface area (Å²) in [6, 6.07) is 8.84. The minimum Gasteiger partial charge on any atom is -0.335 e. The lowest BCUT2D eigenvalue weighted by Crippen LogP contribution is -2.34. The third-order valence-corrected chi connectivity index (χ3v) is 4.26. The molecule has 0 amide bonds. The highest BCUT2D eigenvalue weighted by atomic mass is 79.9. The van der Waals surface area contributed by atoms with Gasteiger partial charge in [-0.1, -0.05) is 41.1 Å². The predicted molar refractivity (Wildman–Crippen MR) is 86.9 cm³/mol. The van der Waals surface area contributed by atoms with Crippen molar-refractivity contribution >= 4 is 15.9 Å². The second-order valence-electron chi connectivity index (χ2n) is 4.88. The zero-order valence-electron chi connectivity index (χ0n) is 12.1. The number of imidazole rings is 1. The van der Waals surface area contributed by atoms with Crippen LogP contribution in [-0.2, 0) is 19.4 Å². The maximum Gasteiger partial charge on any atom is 0.110 e. The fourth-order valence-corrected chi connectivity index (χ4v) is 2.92. The molecule has 2 aromatic rings. The molecule has 0 aliphatic heterocycles. The first kappa shape index (κ1) is 15.3. The molecule has 4 heteroatoms. The second-order valence-corrected chi connectivity index (χ2v) is 5.74. The lowest BCUT2D eigenvalue weighted by Gasteiger charge is -2.19. The van der Waals surface area contributed by atoms with Crippen LogP contribution in [0.2, 0.25) is 0 Å². The Morgan fingerprint density at radius 3 is 2.75 bits per heavy atom. The molecule has 0 fully saturated rings. The van der Waals surface area contributed by atoms with Crippen molar-refractivity contribution in [3.63, 3.8) is 0 Å². The summed E-state index contributed by atoms with van der Waals surface area (Å²) < 4.78 is 3.39. The Morgan fingerprint density at radius 2 is 2.05 bits per heavy atom. The van der Waals surface area contributed by atoms with Gasteiger partial charge in [0.05, 0.1) is 0 Å². The third-order valence-electron chi connectivity index (χ3n) is 3.49. The summed E-state index contributed by atoms with van der Waals surface area (Å²) in [6.07, 6.45) is 5.90. The van der Waals surface area contributed by atoms with Crippen molar-refractivity contribution in [3.8, 4) is 0 Å². The molecule has 1 aromatic heterocycles. The Bertz CT molecular complexity index is 536. The minimum absolute atomic E-state index is 0.409. The maximum atomic E-state index is 4.48. The summed E-state index contributed by atoms with van der Waals surface area (Å²) in [4.78, 5) is 4.48. The molecule has 0 saturated heterocycles. The van der Waals surface area contributed by atoms with Crippen LogP contribution in [0, 0.1) is 0 Å². The topological polar surface area (TPSA) is 29.9 Å².